The molecule has 1 N–H and O–H groups in total. The molecule has 122 valence electrons. The van der Waals surface area contributed by atoms with E-state index in [1.54, 1.807) is 12.1 Å². The molecule has 0 unspecified atom stereocenters. The van der Waals surface area contributed by atoms with Crippen molar-refractivity contribution >= 4 is 22.5 Å². The van der Waals surface area contributed by atoms with Gasteiger partial charge in [0.1, 0.15) is 11.6 Å². The Kier molecular flexibility index (Phi) is 4.65. The maximum absolute atomic E-state index is 13.8. The molecule has 24 heavy (non-hydrogen) atoms. The number of nitrogens with zero attached hydrogens (tertiary/aromatic N) is 2. The number of benzene rings is 2. The average molecular weight is 325 g/mol. The monoisotopic (exact) mass is 325 g/mol. The first-order valence-electron chi connectivity index (χ1n) is 7.59. The molecule has 2 aromatic carbocycles. The molecule has 0 bridgehead atoms. The SMILES string of the molecule is CCOc1ccc(CC(=O)Nc2nncc3c(F)cccc23)cc1. The minimum absolute atomic E-state index is 0.180. The standard InChI is InChI=1S/C18H16FN3O2/c1-2-24-13-8-6-12(7-9-13)10-17(23)21-18-14-4-3-5-16(19)15(14)11-20-22-18/h3-9,11H,2,10H2,1H3,(H,21,22,23). The maximum atomic E-state index is 13.8. The van der Waals surface area contributed by atoms with Gasteiger partial charge < -0.3 is 10.1 Å². The van der Waals surface area contributed by atoms with E-state index in [1.807, 2.05) is 31.2 Å². The van der Waals surface area contributed by atoms with Gasteiger partial charge in [0.25, 0.3) is 0 Å². The number of nitrogens with one attached hydrogen (secondary N) is 1. The van der Waals surface area contributed by atoms with Gasteiger partial charge in [0.2, 0.25) is 5.91 Å². The van der Waals surface area contributed by atoms with Crippen molar-refractivity contribution in [3.63, 3.8) is 0 Å². The van der Waals surface area contributed by atoms with Crippen LogP contribution in [-0.2, 0) is 11.2 Å². The molecular weight excluding hydrogens is 309 g/mol. The number of carbonyl (C=O) groups excluding carboxylic acids is 1. The fourth-order valence-electron chi connectivity index (χ4n) is 2.40. The van der Waals surface area contributed by atoms with Crippen molar-refractivity contribution in [2.75, 3.05) is 11.9 Å². The summed E-state index contributed by atoms with van der Waals surface area (Å²) in [5.41, 5.74) is 0.843. The summed E-state index contributed by atoms with van der Waals surface area (Å²) in [4.78, 5) is 12.2. The molecule has 0 saturated heterocycles. The Morgan fingerprint density at radius 1 is 1.17 bits per heavy atom. The summed E-state index contributed by atoms with van der Waals surface area (Å²) in [6.45, 7) is 2.51. The fraction of sp³-hybridized carbons (Fsp3) is 0.167. The van der Waals surface area contributed by atoms with Gasteiger partial charge in [-0.05, 0) is 30.7 Å². The van der Waals surface area contributed by atoms with Crippen molar-refractivity contribution in [1.82, 2.24) is 10.2 Å². The number of anilines is 1. The number of hydrogen-bond acceptors (Lipinski definition) is 4. The first-order chi connectivity index (χ1) is 11.7. The minimum Gasteiger partial charge on any atom is -0.494 e. The molecule has 0 spiro atoms. The largest absolute Gasteiger partial charge is 0.494 e. The molecule has 0 saturated carbocycles. The van der Waals surface area contributed by atoms with Crippen molar-refractivity contribution in [3.8, 4) is 5.75 Å². The summed E-state index contributed by atoms with van der Waals surface area (Å²) in [5, 5.41) is 11.2. The van der Waals surface area contributed by atoms with E-state index < -0.39 is 5.82 Å². The topological polar surface area (TPSA) is 64.1 Å². The van der Waals surface area contributed by atoms with E-state index >= 15 is 0 Å². The fourth-order valence-corrected chi connectivity index (χ4v) is 2.40. The molecule has 0 radical (unpaired) electrons. The Hall–Kier alpha value is -3.02. The predicted molar refractivity (Wildman–Crippen MR) is 89.4 cm³/mol. The number of aromatic nitrogens is 2. The zero-order valence-electron chi connectivity index (χ0n) is 13.1. The minimum atomic E-state index is -0.399. The summed E-state index contributed by atoms with van der Waals surface area (Å²) in [7, 11) is 0. The van der Waals surface area contributed by atoms with E-state index in [-0.39, 0.29) is 18.1 Å². The average Bonchev–Trinajstić information content (AvgIpc) is 2.58. The van der Waals surface area contributed by atoms with Gasteiger partial charge in [-0.2, -0.15) is 5.10 Å². The van der Waals surface area contributed by atoms with Gasteiger partial charge in [-0.15, -0.1) is 5.10 Å². The third kappa shape index (κ3) is 3.48. The molecule has 0 atom stereocenters. The Bertz CT molecular complexity index is 866. The second-order valence-electron chi connectivity index (χ2n) is 5.20. The lowest BCUT2D eigenvalue weighted by Crippen LogP contribution is -2.16. The first kappa shape index (κ1) is 15.9. The van der Waals surface area contributed by atoms with Crippen LogP contribution in [0.1, 0.15) is 12.5 Å². The maximum Gasteiger partial charge on any atom is 0.230 e. The van der Waals surface area contributed by atoms with Gasteiger partial charge in [-0.1, -0.05) is 24.3 Å². The molecule has 0 aliphatic rings. The van der Waals surface area contributed by atoms with Gasteiger partial charge in [0, 0.05) is 10.8 Å². The van der Waals surface area contributed by atoms with Crippen LogP contribution in [0.3, 0.4) is 0 Å². The van der Waals surface area contributed by atoms with E-state index in [2.05, 4.69) is 15.5 Å². The normalized spacial score (nSPS) is 10.6. The number of amides is 1. The van der Waals surface area contributed by atoms with Crippen LogP contribution in [0.5, 0.6) is 5.75 Å². The number of rotatable bonds is 5. The Morgan fingerprint density at radius 2 is 1.96 bits per heavy atom. The summed E-state index contributed by atoms with van der Waals surface area (Å²) >= 11 is 0. The summed E-state index contributed by atoms with van der Waals surface area (Å²) in [6.07, 6.45) is 1.52. The Balaban J connectivity index is 1.74. The van der Waals surface area contributed by atoms with E-state index in [0.29, 0.717) is 17.4 Å². The van der Waals surface area contributed by atoms with Crippen molar-refractivity contribution in [2.45, 2.75) is 13.3 Å². The van der Waals surface area contributed by atoms with Crippen LogP contribution in [0.15, 0.2) is 48.7 Å². The lowest BCUT2D eigenvalue weighted by molar-refractivity contribution is -0.115. The third-order valence-electron chi connectivity index (χ3n) is 3.51. The Labute approximate surface area is 138 Å². The number of ether oxygens (including phenoxy) is 1. The van der Waals surface area contributed by atoms with Crippen molar-refractivity contribution in [1.29, 1.82) is 0 Å². The van der Waals surface area contributed by atoms with Crippen molar-refractivity contribution < 1.29 is 13.9 Å². The highest BCUT2D eigenvalue weighted by Gasteiger charge is 2.11. The second kappa shape index (κ2) is 7.04. The summed E-state index contributed by atoms with van der Waals surface area (Å²) < 4.78 is 19.1. The number of carbonyl (C=O) groups is 1. The molecule has 3 aromatic rings. The molecule has 1 heterocycles. The Morgan fingerprint density at radius 3 is 2.71 bits per heavy atom. The molecule has 0 aliphatic carbocycles. The van der Waals surface area contributed by atoms with Crippen LogP contribution in [0.25, 0.3) is 10.8 Å². The number of hydrogen-bond donors (Lipinski definition) is 1. The second-order valence-corrected chi connectivity index (χ2v) is 5.20. The summed E-state index contributed by atoms with van der Waals surface area (Å²) in [6, 6.07) is 11.9. The smallest absolute Gasteiger partial charge is 0.230 e. The quantitative estimate of drug-likeness (QED) is 0.781. The van der Waals surface area contributed by atoms with Gasteiger partial charge in [-0.3, -0.25) is 4.79 Å². The number of fused-ring (bicyclic) bond motifs is 1. The van der Waals surface area contributed by atoms with Crippen LogP contribution >= 0.6 is 0 Å². The van der Waals surface area contributed by atoms with Crippen LogP contribution in [0, 0.1) is 5.82 Å². The van der Waals surface area contributed by atoms with Crippen molar-refractivity contribution in [2.24, 2.45) is 0 Å². The molecule has 5 nitrogen and oxygen atoms in total. The van der Waals surface area contributed by atoms with Crippen LogP contribution in [0.4, 0.5) is 10.2 Å². The molecule has 3 rings (SSSR count). The predicted octanol–water partition coefficient (Wildman–Crippen LogP) is 3.35. The third-order valence-corrected chi connectivity index (χ3v) is 3.51. The first-order valence-corrected chi connectivity index (χ1v) is 7.59. The van der Waals surface area contributed by atoms with Crippen LogP contribution in [-0.4, -0.2) is 22.7 Å². The van der Waals surface area contributed by atoms with Gasteiger partial charge in [0.15, 0.2) is 5.82 Å². The zero-order chi connectivity index (χ0) is 16.9. The summed E-state index contributed by atoms with van der Waals surface area (Å²) in [5.74, 6) is 0.370. The van der Waals surface area contributed by atoms with E-state index in [0.717, 1.165) is 11.3 Å². The van der Waals surface area contributed by atoms with E-state index in [1.165, 1.54) is 12.3 Å². The molecule has 1 amide bonds. The molecule has 6 heteroatoms. The van der Waals surface area contributed by atoms with Crippen LogP contribution in [0.2, 0.25) is 0 Å². The van der Waals surface area contributed by atoms with Gasteiger partial charge in [0.05, 0.1) is 19.2 Å². The van der Waals surface area contributed by atoms with Crippen LogP contribution < -0.4 is 10.1 Å². The molecule has 0 fully saturated rings. The molecule has 1 aromatic heterocycles. The lowest BCUT2D eigenvalue weighted by atomic mass is 10.1. The highest BCUT2D eigenvalue weighted by atomic mass is 19.1. The van der Waals surface area contributed by atoms with E-state index in [4.69, 9.17) is 4.74 Å². The highest BCUT2D eigenvalue weighted by molar-refractivity contribution is 6.00. The van der Waals surface area contributed by atoms with Crippen molar-refractivity contribution in [3.05, 3.63) is 60.0 Å². The van der Waals surface area contributed by atoms with E-state index in [9.17, 15) is 9.18 Å². The highest BCUT2D eigenvalue weighted by Crippen LogP contribution is 2.22. The van der Waals surface area contributed by atoms with Gasteiger partial charge in [-0.25, -0.2) is 4.39 Å². The molecular formula is C18H16FN3O2. The zero-order valence-corrected chi connectivity index (χ0v) is 13.1. The number of halogens is 1. The molecule has 0 aliphatic heterocycles. The lowest BCUT2D eigenvalue weighted by Gasteiger charge is -2.08. The van der Waals surface area contributed by atoms with Gasteiger partial charge >= 0.3 is 0 Å².